The highest BCUT2D eigenvalue weighted by Gasteiger charge is 2.20. The molecule has 1 aromatic rings. The van der Waals surface area contributed by atoms with Crippen LogP contribution in [0.3, 0.4) is 0 Å². The number of hydrogen-bond donors (Lipinski definition) is 1. The molecule has 0 aromatic heterocycles. The second-order valence-electron chi connectivity index (χ2n) is 6.38. The molecule has 1 saturated carbocycles. The zero-order valence-electron chi connectivity index (χ0n) is 13.7. The number of hydrogen-bond acceptors (Lipinski definition) is 2. The molecule has 2 nitrogen and oxygen atoms in total. The summed E-state index contributed by atoms with van der Waals surface area (Å²) < 4.78 is 0. The zero-order valence-corrected chi connectivity index (χ0v) is 13.7. The van der Waals surface area contributed by atoms with Crippen molar-refractivity contribution in [2.45, 2.75) is 77.7 Å². The Hall–Kier alpha value is -1.31. The monoisotopic (exact) mass is 287 g/mol. The van der Waals surface area contributed by atoms with Crippen LogP contribution < -0.4 is 0 Å². The number of nitrogens with zero attached hydrogens (tertiary/aromatic N) is 1. The van der Waals surface area contributed by atoms with E-state index in [-0.39, 0.29) is 0 Å². The fourth-order valence-corrected chi connectivity index (χ4v) is 3.34. The predicted octanol–water partition coefficient (Wildman–Crippen LogP) is 5.36. The third kappa shape index (κ3) is 4.09. The summed E-state index contributed by atoms with van der Waals surface area (Å²) in [6.45, 7) is 6.43. The molecule has 0 bridgehead atoms. The number of benzene rings is 1. The Balaban J connectivity index is 2.27. The Bertz CT molecular complexity index is 483. The first-order valence-corrected chi connectivity index (χ1v) is 8.52. The number of aliphatic imine (C=N–C) groups is 1. The highest BCUT2D eigenvalue weighted by Crippen LogP contribution is 2.38. The third-order valence-corrected chi connectivity index (χ3v) is 4.73. The van der Waals surface area contributed by atoms with Crippen LogP contribution in [0.25, 0.3) is 0 Å². The van der Waals surface area contributed by atoms with Gasteiger partial charge in [0.1, 0.15) is 5.75 Å². The minimum atomic E-state index is 0.364. The van der Waals surface area contributed by atoms with Crippen LogP contribution in [0.1, 0.15) is 81.4 Å². The summed E-state index contributed by atoms with van der Waals surface area (Å²) in [6.07, 6.45) is 10.3. The van der Waals surface area contributed by atoms with Gasteiger partial charge in [0.2, 0.25) is 0 Å². The number of rotatable bonds is 5. The van der Waals surface area contributed by atoms with E-state index in [0.717, 1.165) is 24.0 Å². The van der Waals surface area contributed by atoms with Crippen molar-refractivity contribution in [3.8, 4) is 5.75 Å². The lowest BCUT2D eigenvalue weighted by Crippen LogP contribution is -2.06. The molecule has 1 aliphatic carbocycles. The van der Waals surface area contributed by atoms with Crippen molar-refractivity contribution < 1.29 is 5.11 Å². The molecule has 1 fully saturated rings. The maximum Gasteiger partial charge on any atom is 0.127 e. The molecule has 2 rings (SSSR count). The lowest BCUT2D eigenvalue weighted by Gasteiger charge is -2.24. The summed E-state index contributed by atoms with van der Waals surface area (Å²) in [5.74, 6) is 0.987. The van der Waals surface area contributed by atoms with E-state index in [4.69, 9.17) is 0 Å². The molecule has 0 unspecified atom stereocenters. The van der Waals surface area contributed by atoms with Crippen molar-refractivity contribution >= 4 is 6.21 Å². The molecular formula is C19H29NO. The molecule has 1 aliphatic rings. The second kappa shape index (κ2) is 7.63. The molecular weight excluding hydrogens is 258 g/mol. The highest BCUT2D eigenvalue weighted by atomic mass is 16.3. The summed E-state index contributed by atoms with van der Waals surface area (Å²) in [4.78, 5) is 4.63. The summed E-state index contributed by atoms with van der Waals surface area (Å²) in [5, 5.41) is 10.6. The average molecular weight is 287 g/mol. The summed E-state index contributed by atoms with van der Waals surface area (Å²) in [6, 6.07) is 4.58. The van der Waals surface area contributed by atoms with Crippen LogP contribution in [0, 0.1) is 6.92 Å². The maximum absolute atomic E-state index is 10.6. The Morgan fingerprint density at radius 2 is 1.86 bits per heavy atom. The van der Waals surface area contributed by atoms with Gasteiger partial charge in [-0.2, -0.15) is 0 Å². The topological polar surface area (TPSA) is 32.6 Å². The Kier molecular flexibility index (Phi) is 5.84. The molecule has 0 atom stereocenters. The predicted molar refractivity (Wildman–Crippen MR) is 90.6 cm³/mol. The molecule has 1 aromatic carbocycles. The van der Waals surface area contributed by atoms with Gasteiger partial charge in [0.05, 0.1) is 0 Å². The van der Waals surface area contributed by atoms with Gasteiger partial charge in [-0.05, 0) is 55.7 Å². The molecule has 21 heavy (non-hydrogen) atoms. The lowest BCUT2D eigenvalue weighted by atomic mass is 9.82. The number of phenolic OH excluding ortho intramolecular Hbond substituents is 1. The summed E-state index contributed by atoms with van der Waals surface area (Å²) in [7, 11) is 0. The minimum absolute atomic E-state index is 0.364. The SMILES string of the molecule is CCC(CC)N=Cc1cc(C)cc(C2CCCCC2)c1O. The van der Waals surface area contributed by atoms with Crippen molar-refractivity contribution in [3.05, 3.63) is 28.8 Å². The summed E-state index contributed by atoms with van der Waals surface area (Å²) in [5.41, 5.74) is 3.25. The first-order chi connectivity index (χ1) is 10.2. The van der Waals surface area contributed by atoms with E-state index in [2.05, 4.69) is 31.8 Å². The van der Waals surface area contributed by atoms with Crippen LogP contribution in [0.2, 0.25) is 0 Å². The van der Waals surface area contributed by atoms with E-state index in [1.165, 1.54) is 37.7 Å². The Labute approximate surface area is 129 Å². The Morgan fingerprint density at radius 1 is 1.19 bits per heavy atom. The normalized spacial score (nSPS) is 17.0. The largest absolute Gasteiger partial charge is 0.507 e. The van der Waals surface area contributed by atoms with E-state index in [9.17, 15) is 5.11 Å². The molecule has 0 amide bonds. The number of aromatic hydroxyl groups is 1. The molecule has 116 valence electrons. The van der Waals surface area contributed by atoms with Crippen molar-refractivity contribution in [1.29, 1.82) is 0 Å². The van der Waals surface area contributed by atoms with Crippen LogP contribution in [0.15, 0.2) is 17.1 Å². The molecule has 1 N–H and O–H groups in total. The van der Waals surface area contributed by atoms with Crippen LogP contribution >= 0.6 is 0 Å². The first-order valence-electron chi connectivity index (χ1n) is 8.52. The van der Waals surface area contributed by atoms with E-state index >= 15 is 0 Å². The average Bonchev–Trinajstić information content (AvgIpc) is 2.52. The number of phenols is 1. The quantitative estimate of drug-likeness (QED) is 0.727. The second-order valence-corrected chi connectivity index (χ2v) is 6.38. The van der Waals surface area contributed by atoms with E-state index in [0.29, 0.717) is 17.7 Å². The van der Waals surface area contributed by atoms with Crippen molar-refractivity contribution in [1.82, 2.24) is 0 Å². The van der Waals surface area contributed by atoms with Gasteiger partial charge in [-0.1, -0.05) is 39.2 Å². The minimum Gasteiger partial charge on any atom is -0.507 e. The molecule has 0 aliphatic heterocycles. The molecule has 2 heteroatoms. The summed E-state index contributed by atoms with van der Waals surface area (Å²) >= 11 is 0. The van der Waals surface area contributed by atoms with Gasteiger partial charge in [-0.25, -0.2) is 0 Å². The van der Waals surface area contributed by atoms with Gasteiger partial charge in [0.25, 0.3) is 0 Å². The standard InChI is InChI=1S/C19H29NO/c1-4-17(5-2)20-13-16-11-14(3)12-18(19(16)21)15-9-7-6-8-10-15/h11-13,15,17,21H,4-10H2,1-3H3. The van der Waals surface area contributed by atoms with Gasteiger partial charge in [0, 0.05) is 17.8 Å². The zero-order chi connectivity index (χ0) is 15.2. The number of aryl methyl sites for hydroxylation is 1. The van der Waals surface area contributed by atoms with E-state index < -0.39 is 0 Å². The third-order valence-electron chi connectivity index (χ3n) is 4.73. The Morgan fingerprint density at radius 3 is 2.48 bits per heavy atom. The van der Waals surface area contributed by atoms with Crippen LogP contribution in [0.5, 0.6) is 5.75 Å². The fourth-order valence-electron chi connectivity index (χ4n) is 3.34. The van der Waals surface area contributed by atoms with Gasteiger partial charge in [-0.3, -0.25) is 4.99 Å². The molecule has 0 spiro atoms. The fraction of sp³-hybridized carbons (Fsp3) is 0.632. The van der Waals surface area contributed by atoms with Gasteiger partial charge in [0.15, 0.2) is 0 Å². The van der Waals surface area contributed by atoms with Crippen LogP contribution in [-0.4, -0.2) is 17.4 Å². The van der Waals surface area contributed by atoms with Gasteiger partial charge >= 0.3 is 0 Å². The van der Waals surface area contributed by atoms with Crippen LogP contribution in [0.4, 0.5) is 0 Å². The lowest BCUT2D eigenvalue weighted by molar-refractivity contribution is 0.413. The smallest absolute Gasteiger partial charge is 0.127 e. The molecule has 0 radical (unpaired) electrons. The molecule has 0 saturated heterocycles. The van der Waals surface area contributed by atoms with Crippen molar-refractivity contribution in [2.24, 2.45) is 4.99 Å². The van der Waals surface area contributed by atoms with Gasteiger partial charge < -0.3 is 5.11 Å². The highest BCUT2D eigenvalue weighted by molar-refractivity contribution is 5.84. The van der Waals surface area contributed by atoms with Crippen LogP contribution in [-0.2, 0) is 0 Å². The van der Waals surface area contributed by atoms with Crippen molar-refractivity contribution in [3.63, 3.8) is 0 Å². The molecule has 0 heterocycles. The first kappa shape index (κ1) is 16.1. The van der Waals surface area contributed by atoms with Gasteiger partial charge in [-0.15, -0.1) is 0 Å². The van der Waals surface area contributed by atoms with E-state index in [1.807, 2.05) is 12.3 Å². The van der Waals surface area contributed by atoms with E-state index in [1.54, 1.807) is 0 Å². The van der Waals surface area contributed by atoms with Crippen molar-refractivity contribution in [2.75, 3.05) is 0 Å². The maximum atomic E-state index is 10.6.